The van der Waals surface area contributed by atoms with E-state index in [1.807, 2.05) is 6.92 Å². The first-order chi connectivity index (χ1) is 11.0. The van der Waals surface area contributed by atoms with Gasteiger partial charge in [0.25, 0.3) is 0 Å². The van der Waals surface area contributed by atoms with Crippen molar-refractivity contribution in [3.63, 3.8) is 0 Å². The number of nitrogens with zero attached hydrogens (tertiary/aromatic N) is 4. The number of halogens is 2. The molecule has 0 bridgehead atoms. The molecule has 0 radical (unpaired) electrons. The van der Waals surface area contributed by atoms with Gasteiger partial charge in [0.1, 0.15) is 0 Å². The van der Waals surface area contributed by atoms with Gasteiger partial charge in [0.05, 0.1) is 6.04 Å². The molecular formula is C16H20F2N4O. The third-order valence-corrected chi connectivity index (χ3v) is 4.28. The normalized spacial score (nSPS) is 18.3. The van der Waals surface area contributed by atoms with E-state index in [0.29, 0.717) is 23.8 Å². The number of benzene rings is 1. The quantitative estimate of drug-likeness (QED) is 0.865. The van der Waals surface area contributed by atoms with Crippen LogP contribution in [0.2, 0.25) is 0 Å². The molecule has 1 fully saturated rings. The predicted octanol–water partition coefficient (Wildman–Crippen LogP) is 2.54. The first-order valence-electron chi connectivity index (χ1n) is 7.74. The highest BCUT2D eigenvalue weighted by Crippen LogP contribution is 2.21. The van der Waals surface area contributed by atoms with Crippen LogP contribution in [-0.2, 0) is 6.54 Å². The second-order valence-corrected chi connectivity index (χ2v) is 5.88. The van der Waals surface area contributed by atoms with Crippen LogP contribution in [0.1, 0.15) is 30.2 Å². The van der Waals surface area contributed by atoms with Gasteiger partial charge >= 0.3 is 0 Å². The summed E-state index contributed by atoms with van der Waals surface area (Å²) in [6, 6.07) is 4.38. The largest absolute Gasteiger partial charge is 0.338 e. The predicted molar refractivity (Wildman–Crippen MR) is 80.7 cm³/mol. The molecule has 0 amide bonds. The molecule has 7 heteroatoms. The smallest absolute Gasteiger partial charge is 0.243 e. The van der Waals surface area contributed by atoms with Crippen molar-refractivity contribution < 1.29 is 13.3 Å². The number of aryl methyl sites for hydroxylation is 1. The van der Waals surface area contributed by atoms with Gasteiger partial charge in [-0.25, -0.2) is 8.78 Å². The minimum atomic E-state index is -0.790. The van der Waals surface area contributed by atoms with Crippen LogP contribution in [0.15, 0.2) is 22.7 Å². The fraction of sp³-hybridized carbons (Fsp3) is 0.500. The van der Waals surface area contributed by atoms with Crippen molar-refractivity contribution in [1.82, 2.24) is 19.9 Å². The lowest BCUT2D eigenvalue weighted by Crippen LogP contribution is -2.46. The van der Waals surface area contributed by atoms with E-state index in [1.54, 1.807) is 19.1 Å². The number of aromatic nitrogens is 2. The van der Waals surface area contributed by atoms with E-state index in [4.69, 9.17) is 4.52 Å². The van der Waals surface area contributed by atoms with E-state index < -0.39 is 11.6 Å². The number of hydrogen-bond donors (Lipinski definition) is 0. The summed E-state index contributed by atoms with van der Waals surface area (Å²) in [5.74, 6) is -0.287. The summed E-state index contributed by atoms with van der Waals surface area (Å²) in [4.78, 5) is 8.65. The van der Waals surface area contributed by atoms with Crippen LogP contribution in [0.5, 0.6) is 0 Å². The monoisotopic (exact) mass is 322 g/mol. The molecule has 1 aliphatic heterocycles. The van der Waals surface area contributed by atoms with Crippen LogP contribution in [0.4, 0.5) is 8.78 Å². The topological polar surface area (TPSA) is 45.4 Å². The van der Waals surface area contributed by atoms with Crippen molar-refractivity contribution in [2.45, 2.75) is 26.4 Å². The minimum Gasteiger partial charge on any atom is -0.338 e. The molecule has 124 valence electrons. The molecule has 1 atom stereocenters. The Labute approximate surface area is 133 Å². The van der Waals surface area contributed by atoms with Crippen LogP contribution < -0.4 is 0 Å². The lowest BCUT2D eigenvalue weighted by Gasteiger charge is -2.36. The second kappa shape index (κ2) is 6.72. The lowest BCUT2D eigenvalue weighted by atomic mass is 10.1. The van der Waals surface area contributed by atoms with Gasteiger partial charge in [0, 0.05) is 38.3 Å². The van der Waals surface area contributed by atoms with E-state index in [-0.39, 0.29) is 6.04 Å². The average Bonchev–Trinajstić information content (AvgIpc) is 2.98. The summed E-state index contributed by atoms with van der Waals surface area (Å²) < 4.78 is 32.2. The Morgan fingerprint density at radius 1 is 1.22 bits per heavy atom. The lowest BCUT2D eigenvalue weighted by molar-refractivity contribution is 0.0838. The maximum atomic E-state index is 13.7. The molecule has 1 aromatic heterocycles. The van der Waals surface area contributed by atoms with Crippen LogP contribution in [0.25, 0.3) is 0 Å². The van der Waals surface area contributed by atoms with Crippen molar-refractivity contribution in [3.8, 4) is 0 Å². The van der Waals surface area contributed by atoms with Crippen molar-refractivity contribution >= 4 is 0 Å². The van der Waals surface area contributed by atoms with Gasteiger partial charge in [-0.2, -0.15) is 4.98 Å². The summed E-state index contributed by atoms with van der Waals surface area (Å²) in [6.07, 6.45) is 0. The first-order valence-corrected chi connectivity index (χ1v) is 7.74. The summed E-state index contributed by atoms with van der Waals surface area (Å²) in [6.45, 7) is 7.46. The average molecular weight is 322 g/mol. The van der Waals surface area contributed by atoms with E-state index in [1.165, 1.54) is 0 Å². The third kappa shape index (κ3) is 3.56. The van der Waals surface area contributed by atoms with E-state index in [9.17, 15) is 8.78 Å². The van der Waals surface area contributed by atoms with Gasteiger partial charge in [-0.3, -0.25) is 9.80 Å². The zero-order chi connectivity index (χ0) is 16.4. The molecule has 2 aromatic rings. The highest BCUT2D eigenvalue weighted by atomic mass is 19.2. The minimum absolute atomic E-state index is 0.0595. The number of rotatable bonds is 4. The molecule has 0 saturated carbocycles. The molecule has 0 N–H and O–H groups in total. The number of piperazine rings is 1. The molecule has 1 unspecified atom stereocenters. The zero-order valence-corrected chi connectivity index (χ0v) is 13.3. The summed E-state index contributed by atoms with van der Waals surface area (Å²) >= 11 is 0. The summed E-state index contributed by atoms with van der Waals surface area (Å²) in [7, 11) is 0. The molecule has 5 nitrogen and oxygen atoms in total. The second-order valence-electron chi connectivity index (χ2n) is 5.88. The Hall–Kier alpha value is -1.86. The fourth-order valence-electron chi connectivity index (χ4n) is 2.86. The van der Waals surface area contributed by atoms with E-state index in [0.717, 1.165) is 32.2 Å². The molecule has 0 spiro atoms. The molecule has 3 rings (SSSR count). The molecule has 1 saturated heterocycles. The van der Waals surface area contributed by atoms with Crippen molar-refractivity contribution in [1.29, 1.82) is 0 Å². The Bertz CT molecular complexity index is 668. The maximum Gasteiger partial charge on any atom is 0.243 e. The summed E-state index contributed by atoms with van der Waals surface area (Å²) in [5, 5.41) is 3.82. The van der Waals surface area contributed by atoms with Gasteiger partial charge in [-0.1, -0.05) is 17.3 Å². The Morgan fingerprint density at radius 2 is 1.96 bits per heavy atom. The van der Waals surface area contributed by atoms with Crippen molar-refractivity contribution in [3.05, 3.63) is 47.1 Å². The van der Waals surface area contributed by atoms with Crippen molar-refractivity contribution in [2.75, 3.05) is 26.2 Å². The first kappa shape index (κ1) is 16.0. The third-order valence-electron chi connectivity index (χ3n) is 4.28. The van der Waals surface area contributed by atoms with Gasteiger partial charge in [-0.05, 0) is 19.9 Å². The van der Waals surface area contributed by atoms with E-state index >= 15 is 0 Å². The zero-order valence-electron chi connectivity index (χ0n) is 13.3. The molecule has 0 aliphatic carbocycles. The molecule has 1 aliphatic rings. The van der Waals surface area contributed by atoms with Crippen LogP contribution in [0.3, 0.4) is 0 Å². The van der Waals surface area contributed by atoms with E-state index in [2.05, 4.69) is 19.9 Å². The van der Waals surface area contributed by atoms with Crippen LogP contribution in [0, 0.1) is 18.6 Å². The molecule has 1 aromatic carbocycles. The standard InChI is InChI=1S/C16H20F2N4O/c1-11(16-19-12(2)20-23-16)22-8-6-21(7-9-22)10-13-4-3-5-14(17)15(13)18/h3-5,11H,6-10H2,1-2H3. The number of hydrogen-bond acceptors (Lipinski definition) is 5. The Balaban J connectivity index is 1.57. The van der Waals surface area contributed by atoms with Gasteiger partial charge in [0.2, 0.25) is 5.89 Å². The SMILES string of the molecule is Cc1noc(C(C)N2CCN(Cc3cccc(F)c3F)CC2)n1. The fourth-order valence-corrected chi connectivity index (χ4v) is 2.86. The Morgan fingerprint density at radius 3 is 2.61 bits per heavy atom. The molecule has 2 heterocycles. The molecular weight excluding hydrogens is 302 g/mol. The maximum absolute atomic E-state index is 13.7. The van der Waals surface area contributed by atoms with Gasteiger partial charge in [0.15, 0.2) is 17.5 Å². The molecule has 23 heavy (non-hydrogen) atoms. The summed E-state index contributed by atoms with van der Waals surface area (Å²) in [5.41, 5.74) is 0.402. The van der Waals surface area contributed by atoms with Gasteiger partial charge in [-0.15, -0.1) is 0 Å². The highest BCUT2D eigenvalue weighted by molar-refractivity contribution is 5.18. The Kier molecular flexibility index (Phi) is 4.68. The van der Waals surface area contributed by atoms with Gasteiger partial charge < -0.3 is 4.52 Å². The van der Waals surface area contributed by atoms with Crippen LogP contribution >= 0.6 is 0 Å². The highest BCUT2D eigenvalue weighted by Gasteiger charge is 2.25. The van der Waals surface area contributed by atoms with Crippen molar-refractivity contribution in [2.24, 2.45) is 0 Å². The van der Waals surface area contributed by atoms with Crippen LogP contribution in [-0.4, -0.2) is 46.1 Å².